The Morgan fingerprint density at radius 1 is 0.947 bits per heavy atom. The maximum Gasteiger partial charge on any atom is 0.133 e. The molecular weight excluding hydrogens is 232 g/mol. The molecular formula is C18H30O. The van der Waals surface area contributed by atoms with Gasteiger partial charge < -0.3 is 0 Å². The zero-order valence-electron chi connectivity index (χ0n) is 12.6. The standard InChI is InChI=1S/C18H30O/c1-2-3-4-5-6-17(19)13-18-10-14-7-15(11-18)9-16(8-14)12-18/h14-16H,2-13H2,1H3. The second kappa shape index (κ2) is 5.58. The maximum absolute atomic E-state index is 12.3. The Balaban J connectivity index is 1.50. The summed E-state index contributed by atoms with van der Waals surface area (Å²) in [6, 6.07) is 0. The van der Waals surface area contributed by atoms with E-state index in [1.807, 2.05) is 0 Å². The van der Waals surface area contributed by atoms with Crippen LogP contribution in [0.4, 0.5) is 0 Å². The molecule has 19 heavy (non-hydrogen) atoms. The van der Waals surface area contributed by atoms with E-state index in [1.165, 1.54) is 57.8 Å². The smallest absolute Gasteiger partial charge is 0.133 e. The first-order valence-electron chi connectivity index (χ1n) is 8.71. The van der Waals surface area contributed by atoms with Crippen molar-refractivity contribution in [3.63, 3.8) is 0 Å². The third kappa shape index (κ3) is 3.06. The van der Waals surface area contributed by atoms with Crippen LogP contribution in [0, 0.1) is 23.2 Å². The Kier molecular flexibility index (Phi) is 4.01. The number of rotatable bonds is 7. The molecule has 0 heterocycles. The number of hydrogen-bond acceptors (Lipinski definition) is 1. The van der Waals surface area contributed by atoms with Crippen molar-refractivity contribution in [3.8, 4) is 0 Å². The lowest BCUT2D eigenvalue weighted by Gasteiger charge is -2.56. The van der Waals surface area contributed by atoms with Gasteiger partial charge in [0.05, 0.1) is 0 Å². The van der Waals surface area contributed by atoms with Gasteiger partial charge in [-0.05, 0) is 68.1 Å². The SMILES string of the molecule is CCCCCCC(=O)CC12CC3CC(CC(C3)C1)C2. The van der Waals surface area contributed by atoms with Crippen LogP contribution in [0.25, 0.3) is 0 Å². The average molecular weight is 262 g/mol. The highest BCUT2D eigenvalue weighted by Crippen LogP contribution is 2.61. The van der Waals surface area contributed by atoms with E-state index in [9.17, 15) is 4.79 Å². The molecule has 0 spiro atoms. The number of ketones is 1. The molecule has 108 valence electrons. The Morgan fingerprint density at radius 3 is 2.05 bits per heavy atom. The van der Waals surface area contributed by atoms with Gasteiger partial charge in [0.15, 0.2) is 0 Å². The molecule has 0 amide bonds. The highest BCUT2D eigenvalue weighted by Gasteiger charge is 2.51. The molecule has 4 bridgehead atoms. The summed E-state index contributed by atoms with van der Waals surface area (Å²) in [5.74, 6) is 3.54. The lowest BCUT2D eigenvalue weighted by atomic mass is 9.48. The number of unbranched alkanes of at least 4 members (excludes halogenated alkanes) is 3. The van der Waals surface area contributed by atoms with Crippen LogP contribution < -0.4 is 0 Å². The molecule has 4 rings (SSSR count). The lowest BCUT2D eigenvalue weighted by Crippen LogP contribution is -2.46. The predicted octanol–water partition coefficient (Wildman–Crippen LogP) is 5.13. The second-order valence-electron chi connectivity index (χ2n) is 7.94. The third-order valence-electron chi connectivity index (χ3n) is 6.05. The fourth-order valence-corrected chi connectivity index (χ4v) is 5.76. The van der Waals surface area contributed by atoms with Gasteiger partial charge in [-0.25, -0.2) is 0 Å². The fraction of sp³-hybridized carbons (Fsp3) is 0.944. The van der Waals surface area contributed by atoms with Crippen LogP contribution >= 0.6 is 0 Å². The molecule has 0 saturated heterocycles. The van der Waals surface area contributed by atoms with Crippen LogP contribution in [0.2, 0.25) is 0 Å². The number of carbonyl (C=O) groups is 1. The summed E-state index contributed by atoms with van der Waals surface area (Å²) in [5.41, 5.74) is 0.469. The van der Waals surface area contributed by atoms with Crippen molar-refractivity contribution >= 4 is 5.78 Å². The normalized spacial score (nSPS) is 39.7. The second-order valence-corrected chi connectivity index (χ2v) is 7.94. The molecule has 4 aliphatic carbocycles. The highest BCUT2D eigenvalue weighted by molar-refractivity contribution is 5.79. The monoisotopic (exact) mass is 262 g/mol. The zero-order chi connectivity index (χ0) is 13.3. The molecule has 0 aromatic heterocycles. The van der Waals surface area contributed by atoms with E-state index in [4.69, 9.17) is 0 Å². The van der Waals surface area contributed by atoms with Crippen molar-refractivity contribution in [1.82, 2.24) is 0 Å². The topological polar surface area (TPSA) is 17.1 Å². The van der Waals surface area contributed by atoms with Gasteiger partial charge in [0.2, 0.25) is 0 Å². The van der Waals surface area contributed by atoms with E-state index in [0.29, 0.717) is 11.2 Å². The van der Waals surface area contributed by atoms with Crippen LogP contribution in [0.5, 0.6) is 0 Å². The molecule has 0 radical (unpaired) electrons. The summed E-state index contributed by atoms with van der Waals surface area (Å²) >= 11 is 0. The predicted molar refractivity (Wildman–Crippen MR) is 79.0 cm³/mol. The fourth-order valence-electron chi connectivity index (χ4n) is 5.76. The molecule has 0 aliphatic heterocycles. The number of carbonyl (C=O) groups excluding carboxylic acids is 1. The van der Waals surface area contributed by atoms with Crippen LogP contribution in [0.1, 0.15) is 84.0 Å². The van der Waals surface area contributed by atoms with Crippen LogP contribution in [0.15, 0.2) is 0 Å². The molecule has 4 aliphatic rings. The van der Waals surface area contributed by atoms with Crippen molar-refractivity contribution in [2.45, 2.75) is 84.0 Å². The molecule has 1 nitrogen and oxygen atoms in total. The molecule has 4 fully saturated rings. The van der Waals surface area contributed by atoms with E-state index < -0.39 is 0 Å². The first-order valence-corrected chi connectivity index (χ1v) is 8.71. The summed E-state index contributed by atoms with van der Waals surface area (Å²) in [5, 5.41) is 0. The van der Waals surface area contributed by atoms with E-state index in [2.05, 4.69) is 6.92 Å². The van der Waals surface area contributed by atoms with Crippen molar-refractivity contribution in [3.05, 3.63) is 0 Å². The van der Waals surface area contributed by atoms with Gasteiger partial charge in [-0.3, -0.25) is 4.79 Å². The van der Waals surface area contributed by atoms with E-state index in [1.54, 1.807) is 0 Å². The summed E-state index contributed by atoms with van der Waals surface area (Å²) in [6.07, 6.45) is 15.4. The third-order valence-corrected chi connectivity index (χ3v) is 6.05. The van der Waals surface area contributed by atoms with Gasteiger partial charge in [-0.15, -0.1) is 0 Å². The van der Waals surface area contributed by atoms with E-state index in [-0.39, 0.29) is 0 Å². The minimum atomic E-state index is 0.469. The first kappa shape index (κ1) is 13.6. The summed E-state index contributed by atoms with van der Waals surface area (Å²) in [6.45, 7) is 2.23. The van der Waals surface area contributed by atoms with Crippen molar-refractivity contribution in [2.24, 2.45) is 23.2 Å². The maximum atomic E-state index is 12.3. The van der Waals surface area contributed by atoms with Crippen molar-refractivity contribution in [1.29, 1.82) is 0 Å². The summed E-state index contributed by atoms with van der Waals surface area (Å²) < 4.78 is 0. The molecule has 4 saturated carbocycles. The number of hydrogen-bond donors (Lipinski definition) is 0. The Hall–Kier alpha value is -0.330. The molecule has 0 aromatic carbocycles. The molecule has 1 heteroatoms. The van der Waals surface area contributed by atoms with E-state index in [0.717, 1.165) is 37.0 Å². The minimum Gasteiger partial charge on any atom is -0.300 e. The molecule has 0 unspecified atom stereocenters. The average Bonchev–Trinajstić information content (AvgIpc) is 2.32. The molecule has 0 atom stereocenters. The van der Waals surface area contributed by atoms with Gasteiger partial charge in [-0.2, -0.15) is 0 Å². The Bertz CT molecular complexity index is 295. The van der Waals surface area contributed by atoms with Crippen molar-refractivity contribution < 1.29 is 4.79 Å². The zero-order valence-corrected chi connectivity index (χ0v) is 12.6. The Labute approximate surface area is 118 Å². The van der Waals surface area contributed by atoms with Crippen LogP contribution in [0.3, 0.4) is 0 Å². The molecule has 0 N–H and O–H groups in total. The van der Waals surface area contributed by atoms with Gasteiger partial charge in [0.25, 0.3) is 0 Å². The first-order chi connectivity index (χ1) is 9.19. The van der Waals surface area contributed by atoms with Gasteiger partial charge in [0.1, 0.15) is 5.78 Å². The lowest BCUT2D eigenvalue weighted by molar-refractivity contribution is -0.127. The van der Waals surface area contributed by atoms with Gasteiger partial charge in [-0.1, -0.05) is 26.2 Å². The summed E-state index contributed by atoms with van der Waals surface area (Å²) in [7, 11) is 0. The molecule has 0 aromatic rings. The Morgan fingerprint density at radius 2 is 1.53 bits per heavy atom. The van der Waals surface area contributed by atoms with Crippen LogP contribution in [-0.4, -0.2) is 5.78 Å². The van der Waals surface area contributed by atoms with Crippen molar-refractivity contribution in [2.75, 3.05) is 0 Å². The highest BCUT2D eigenvalue weighted by atomic mass is 16.1. The largest absolute Gasteiger partial charge is 0.300 e. The van der Waals surface area contributed by atoms with E-state index >= 15 is 0 Å². The van der Waals surface area contributed by atoms with Gasteiger partial charge >= 0.3 is 0 Å². The minimum absolute atomic E-state index is 0.469. The van der Waals surface area contributed by atoms with Gasteiger partial charge in [0, 0.05) is 12.8 Å². The summed E-state index contributed by atoms with van der Waals surface area (Å²) in [4.78, 5) is 12.3. The quantitative estimate of drug-likeness (QED) is 0.581. The van der Waals surface area contributed by atoms with Crippen LogP contribution in [-0.2, 0) is 4.79 Å². The number of Topliss-reactive ketones (excluding diaryl/α,β-unsaturated/α-hetero) is 1.